The largest absolute Gasteiger partial charge is 0.382 e. The number of methoxy groups -OCH3 is 1. The third-order valence-electron chi connectivity index (χ3n) is 3.17. The van der Waals surface area contributed by atoms with Crippen LogP contribution >= 0.6 is 0 Å². The number of hydrogen-bond acceptors (Lipinski definition) is 3. The maximum Gasteiger partial charge on any atom is 0.0596 e. The molecule has 98 valence electrons. The van der Waals surface area contributed by atoms with Crippen molar-refractivity contribution in [2.45, 2.75) is 52.3 Å². The van der Waals surface area contributed by atoms with E-state index < -0.39 is 0 Å². The fourth-order valence-electron chi connectivity index (χ4n) is 2.09. The molecule has 1 aromatic heterocycles. The van der Waals surface area contributed by atoms with Crippen LogP contribution in [-0.4, -0.2) is 36.1 Å². The van der Waals surface area contributed by atoms with Crippen LogP contribution in [0, 0.1) is 6.92 Å². The van der Waals surface area contributed by atoms with Crippen molar-refractivity contribution >= 4 is 0 Å². The minimum absolute atomic E-state index is 0.284. The van der Waals surface area contributed by atoms with Gasteiger partial charge in [0.2, 0.25) is 0 Å². The Morgan fingerprint density at radius 1 is 1.53 bits per heavy atom. The average molecular weight is 239 g/mol. The molecule has 0 aliphatic heterocycles. The van der Waals surface area contributed by atoms with Gasteiger partial charge in [-0.1, -0.05) is 0 Å². The molecule has 1 rings (SSSR count). The van der Waals surface area contributed by atoms with Gasteiger partial charge < -0.3 is 10.1 Å². The van der Waals surface area contributed by atoms with Crippen molar-refractivity contribution in [1.82, 2.24) is 15.1 Å². The summed E-state index contributed by atoms with van der Waals surface area (Å²) in [5, 5.41) is 7.83. The Hall–Kier alpha value is -0.870. The molecular weight excluding hydrogens is 214 g/mol. The van der Waals surface area contributed by atoms with E-state index in [1.54, 1.807) is 7.11 Å². The molecule has 0 saturated heterocycles. The Morgan fingerprint density at radius 2 is 2.24 bits per heavy atom. The monoisotopic (exact) mass is 239 g/mol. The van der Waals surface area contributed by atoms with Crippen molar-refractivity contribution in [1.29, 1.82) is 0 Å². The van der Waals surface area contributed by atoms with Crippen LogP contribution in [0.3, 0.4) is 0 Å². The molecule has 1 heterocycles. The fourth-order valence-corrected chi connectivity index (χ4v) is 2.09. The van der Waals surface area contributed by atoms with Gasteiger partial charge in [-0.3, -0.25) is 4.68 Å². The minimum Gasteiger partial charge on any atom is -0.382 e. The normalized spacial score (nSPS) is 14.9. The second-order valence-corrected chi connectivity index (χ2v) is 4.56. The summed E-state index contributed by atoms with van der Waals surface area (Å²) < 4.78 is 7.40. The summed E-state index contributed by atoms with van der Waals surface area (Å²) in [5.74, 6) is 0. The molecule has 0 saturated carbocycles. The molecule has 0 bridgehead atoms. The predicted octanol–water partition coefficient (Wildman–Crippen LogP) is 1.77. The molecule has 4 nitrogen and oxygen atoms in total. The van der Waals surface area contributed by atoms with Crippen LogP contribution in [0.5, 0.6) is 0 Å². The zero-order valence-electron chi connectivity index (χ0n) is 11.7. The van der Waals surface area contributed by atoms with Crippen molar-refractivity contribution in [3.63, 3.8) is 0 Å². The van der Waals surface area contributed by atoms with Gasteiger partial charge in [0.1, 0.15) is 0 Å². The summed E-state index contributed by atoms with van der Waals surface area (Å²) in [6, 6.07) is 2.61. The second-order valence-electron chi connectivity index (χ2n) is 4.56. The predicted molar refractivity (Wildman–Crippen MR) is 70.3 cm³/mol. The quantitative estimate of drug-likeness (QED) is 0.788. The molecule has 0 aromatic carbocycles. The van der Waals surface area contributed by atoms with Crippen molar-refractivity contribution in [3.05, 3.63) is 17.5 Å². The van der Waals surface area contributed by atoms with E-state index >= 15 is 0 Å². The zero-order valence-corrected chi connectivity index (χ0v) is 11.7. The highest BCUT2D eigenvalue weighted by atomic mass is 16.5. The molecule has 0 amide bonds. The summed E-state index contributed by atoms with van der Waals surface area (Å²) in [5.41, 5.74) is 2.39. The van der Waals surface area contributed by atoms with Gasteiger partial charge in [-0.2, -0.15) is 5.10 Å². The number of ether oxygens (including phenoxy) is 1. The molecule has 0 aliphatic carbocycles. The number of rotatable bonds is 7. The molecule has 0 fully saturated rings. The standard InChI is InChI=1S/C13H25N3O/c1-6-16-13(7-10(2)15-16)9-12(14-4)8-11(3)17-5/h7,11-12,14H,6,8-9H2,1-5H3. The van der Waals surface area contributed by atoms with E-state index in [1.165, 1.54) is 5.69 Å². The first-order chi connectivity index (χ1) is 8.10. The lowest BCUT2D eigenvalue weighted by atomic mass is 10.0. The summed E-state index contributed by atoms with van der Waals surface area (Å²) in [7, 11) is 3.77. The number of nitrogens with one attached hydrogen (secondary N) is 1. The first-order valence-corrected chi connectivity index (χ1v) is 6.34. The van der Waals surface area contributed by atoms with Gasteiger partial charge in [0, 0.05) is 31.8 Å². The van der Waals surface area contributed by atoms with E-state index in [4.69, 9.17) is 4.74 Å². The molecule has 4 heteroatoms. The molecule has 1 N–H and O–H groups in total. The van der Waals surface area contributed by atoms with Crippen LogP contribution < -0.4 is 5.32 Å². The van der Waals surface area contributed by atoms with Gasteiger partial charge in [0.15, 0.2) is 0 Å². The van der Waals surface area contributed by atoms with Crippen molar-refractivity contribution in [3.8, 4) is 0 Å². The van der Waals surface area contributed by atoms with Crippen molar-refractivity contribution in [2.24, 2.45) is 0 Å². The highest BCUT2D eigenvalue weighted by Gasteiger charge is 2.14. The third kappa shape index (κ3) is 4.13. The SMILES string of the molecule is CCn1nc(C)cc1CC(CC(C)OC)NC. The van der Waals surface area contributed by atoms with Crippen LogP contribution in [0.25, 0.3) is 0 Å². The molecule has 0 spiro atoms. The van der Waals surface area contributed by atoms with E-state index in [2.05, 4.69) is 35.0 Å². The molecule has 17 heavy (non-hydrogen) atoms. The van der Waals surface area contributed by atoms with Gasteiger partial charge in [-0.25, -0.2) is 0 Å². The molecule has 1 aromatic rings. The number of likely N-dealkylation sites (N-methyl/N-ethyl adjacent to an activating group) is 1. The Balaban J connectivity index is 2.66. The molecule has 0 aliphatic rings. The van der Waals surface area contributed by atoms with Crippen LogP contribution in [-0.2, 0) is 17.7 Å². The molecule has 2 unspecified atom stereocenters. The highest BCUT2D eigenvalue weighted by Crippen LogP contribution is 2.11. The summed E-state index contributed by atoms with van der Waals surface area (Å²) in [6.45, 7) is 7.20. The van der Waals surface area contributed by atoms with Gasteiger partial charge in [0.05, 0.1) is 11.8 Å². The van der Waals surface area contributed by atoms with Gasteiger partial charge >= 0.3 is 0 Å². The van der Waals surface area contributed by atoms with E-state index in [0.29, 0.717) is 6.04 Å². The van der Waals surface area contributed by atoms with Crippen LogP contribution in [0.4, 0.5) is 0 Å². The third-order valence-corrected chi connectivity index (χ3v) is 3.17. The van der Waals surface area contributed by atoms with Crippen LogP contribution in [0.2, 0.25) is 0 Å². The average Bonchev–Trinajstić information content (AvgIpc) is 2.68. The lowest BCUT2D eigenvalue weighted by Gasteiger charge is -2.20. The smallest absolute Gasteiger partial charge is 0.0596 e. The van der Waals surface area contributed by atoms with Crippen LogP contribution in [0.1, 0.15) is 31.7 Å². The van der Waals surface area contributed by atoms with Gasteiger partial charge in [-0.15, -0.1) is 0 Å². The lowest BCUT2D eigenvalue weighted by molar-refractivity contribution is 0.101. The summed E-state index contributed by atoms with van der Waals surface area (Å²) >= 11 is 0. The Bertz CT molecular complexity index is 335. The first kappa shape index (κ1) is 14.2. The fraction of sp³-hybridized carbons (Fsp3) is 0.769. The molecule has 0 radical (unpaired) electrons. The maximum atomic E-state index is 5.32. The van der Waals surface area contributed by atoms with Gasteiger partial charge in [-0.05, 0) is 40.3 Å². The highest BCUT2D eigenvalue weighted by molar-refractivity contribution is 5.10. The van der Waals surface area contributed by atoms with Crippen molar-refractivity contribution in [2.75, 3.05) is 14.2 Å². The van der Waals surface area contributed by atoms with E-state index in [1.807, 2.05) is 14.0 Å². The Morgan fingerprint density at radius 3 is 2.76 bits per heavy atom. The summed E-state index contributed by atoms with van der Waals surface area (Å²) in [4.78, 5) is 0. The molecule has 2 atom stereocenters. The zero-order chi connectivity index (χ0) is 12.8. The number of aromatic nitrogens is 2. The van der Waals surface area contributed by atoms with E-state index in [0.717, 1.165) is 25.1 Å². The number of hydrogen-bond donors (Lipinski definition) is 1. The lowest BCUT2D eigenvalue weighted by Crippen LogP contribution is -2.32. The maximum absolute atomic E-state index is 5.32. The molecular formula is C13H25N3O. The topological polar surface area (TPSA) is 39.1 Å². The number of nitrogens with zero attached hydrogens (tertiary/aromatic N) is 2. The number of aryl methyl sites for hydroxylation is 2. The Labute approximate surface area is 104 Å². The van der Waals surface area contributed by atoms with E-state index in [-0.39, 0.29) is 6.10 Å². The first-order valence-electron chi connectivity index (χ1n) is 6.34. The van der Waals surface area contributed by atoms with E-state index in [9.17, 15) is 0 Å². The second kappa shape index (κ2) is 6.77. The Kier molecular flexibility index (Phi) is 5.65. The minimum atomic E-state index is 0.284. The van der Waals surface area contributed by atoms with Crippen LogP contribution in [0.15, 0.2) is 6.07 Å². The summed E-state index contributed by atoms with van der Waals surface area (Å²) in [6.07, 6.45) is 2.30. The van der Waals surface area contributed by atoms with Crippen molar-refractivity contribution < 1.29 is 4.74 Å². The van der Waals surface area contributed by atoms with Gasteiger partial charge in [0.25, 0.3) is 0 Å².